The van der Waals surface area contributed by atoms with Gasteiger partial charge in [0, 0.05) is 32.5 Å². The molecule has 7 heteroatoms. The van der Waals surface area contributed by atoms with Crippen molar-refractivity contribution in [3.63, 3.8) is 0 Å². The van der Waals surface area contributed by atoms with Gasteiger partial charge in [-0.1, -0.05) is 29.8 Å². The summed E-state index contributed by atoms with van der Waals surface area (Å²) in [5, 5.41) is 11.7. The molecular formula is C25H30ClN3O3. The van der Waals surface area contributed by atoms with Gasteiger partial charge in [0.15, 0.2) is 0 Å². The third-order valence-electron chi connectivity index (χ3n) is 5.84. The van der Waals surface area contributed by atoms with E-state index in [0.29, 0.717) is 30.3 Å². The molecule has 1 atom stereocenters. The number of ether oxygens (including phenoxy) is 2. The molecule has 1 aliphatic heterocycles. The van der Waals surface area contributed by atoms with Crippen LogP contribution in [-0.4, -0.2) is 44.9 Å². The fraction of sp³-hybridized carbons (Fsp3) is 0.400. The lowest BCUT2D eigenvalue weighted by Crippen LogP contribution is -2.51. The zero-order chi connectivity index (χ0) is 22.6. The van der Waals surface area contributed by atoms with Gasteiger partial charge in [0.1, 0.15) is 36.1 Å². The molecule has 1 saturated heterocycles. The second kappa shape index (κ2) is 9.94. The van der Waals surface area contributed by atoms with Crippen molar-refractivity contribution in [3.05, 3.63) is 76.8 Å². The van der Waals surface area contributed by atoms with Crippen LogP contribution in [0.3, 0.4) is 0 Å². The highest BCUT2D eigenvalue weighted by Crippen LogP contribution is 2.29. The lowest BCUT2D eigenvalue weighted by Gasteiger charge is -2.39. The van der Waals surface area contributed by atoms with E-state index in [1.165, 1.54) is 5.56 Å². The topological polar surface area (TPSA) is 59.8 Å². The SMILES string of the molecule is Cc1ccc(Cl)c(OC[C@]2(O)CCCN(Cc3ccc(OCc4nccn4C)cc3)C2)c1. The zero-order valence-corrected chi connectivity index (χ0v) is 19.4. The summed E-state index contributed by atoms with van der Waals surface area (Å²) < 4.78 is 13.7. The van der Waals surface area contributed by atoms with E-state index in [4.69, 9.17) is 21.1 Å². The van der Waals surface area contributed by atoms with Gasteiger partial charge in [-0.3, -0.25) is 4.90 Å². The number of hydrogen-bond donors (Lipinski definition) is 1. The first-order chi connectivity index (χ1) is 15.4. The fourth-order valence-electron chi connectivity index (χ4n) is 4.02. The third-order valence-corrected chi connectivity index (χ3v) is 6.15. The van der Waals surface area contributed by atoms with E-state index in [0.717, 1.165) is 36.6 Å². The summed E-state index contributed by atoms with van der Waals surface area (Å²) in [7, 11) is 1.95. The van der Waals surface area contributed by atoms with Crippen LogP contribution in [0.4, 0.5) is 0 Å². The van der Waals surface area contributed by atoms with Gasteiger partial charge >= 0.3 is 0 Å². The molecular weight excluding hydrogens is 426 g/mol. The number of rotatable bonds is 8. The third kappa shape index (κ3) is 5.82. The van der Waals surface area contributed by atoms with Crippen molar-refractivity contribution in [1.29, 1.82) is 0 Å². The van der Waals surface area contributed by atoms with Crippen LogP contribution in [0.1, 0.15) is 29.8 Å². The van der Waals surface area contributed by atoms with E-state index >= 15 is 0 Å². The maximum absolute atomic E-state index is 11.1. The van der Waals surface area contributed by atoms with E-state index < -0.39 is 5.60 Å². The predicted molar refractivity (Wildman–Crippen MR) is 125 cm³/mol. The monoisotopic (exact) mass is 455 g/mol. The Hall–Kier alpha value is -2.54. The lowest BCUT2D eigenvalue weighted by molar-refractivity contribution is -0.0620. The maximum Gasteiger partial charge on any atom is 0.146 e. The number of hydrogen-bond acceptors (Lipinski definition) is 5. The first-order valence-electron chi connectivity index (χ1n) is 10.9. The van der Waals surface area contributed by atoms with Crippen molar-refractivity contribution >= 4 is 11.6 Å². The van der Waals surface area contributed by atoms with Gasteiger partial charge in [-0.25, -0.2) is 4.98 Å². The highest BCUT2D eigenvalue weighted by molar-refractivity contribution is 6.32. The molecule has 170 valence electrons. The molecule has 1 fully saturated rings. The number of aromatic nitrogens is 2. The van der Waals surface area contributed by atoms with Crippen molar-refractivity contribution in [2.24, 2.45) is 7.05 Å². The molecule has 6 nitrogen and oxygen atoms in total. The second-order valence-corrected chi connectivity index (χ2v) is 9.06. The molecule has 1 N–H and O–H groups in total. The van der Waals surface area contributed by atoms with E-state index in [1.54, 1.807) is 6.20 Å². The normalized spacial score (nSPS) is 19.1. The van der Waals surface area contributed by atoms with Crippen LogP contribution in [0.25, 0.3) is 0 Å². The Morgan fingerprint density at radius 3 is 2.72 bits per heavy atom. The molecule has 4 rings (SSSR count). The van der Waals surface area contributed by atoms with Gasteiger partial charge in [0.05, 0.1) is 5.02 Å². The molecule has 1 aliphatic rings. The Bertz CT molecular complexity index is 1040. The molecule has 0 saturated carbocycles. The molecule has 0 unspecified atom stereocenters. The quantitative estimate of drug-likeness (QED) is 0.546. The summed E-state index contributed by atoms with van der Waals surface area (Å²) in [4.78, 5) is 6.55. The van der Waals surface area contributed by atoms with Crippen LogP contribution in [-0.2, 0) is 20.2 Å². The van der Waals surface area contributed by atoms with Gasteiger partial charge in [-0.05, 0) is 61.7 Å². The van der Waals surface area contributed by atoms with Crippen LogP contribution < -0.4 is 9.47 Å². The zero-order valence-electron chi connectivity index (χ0n) is 18.6. The number of likely N-dealkylation sites (tertiary alicyclic amines) is 1. The first kappa shape index (κ1) is 22.6. The second-order valence-electron chi connectivity index (χ2n) is 8.65. The molecule has 1 aromatic heterocycles. The highest BCUT2D eigenvalue weighted by Gasteiger charge is 2.34. The first-order valence-corrected chi connectivity index (χ1v) is 11.3. The van der Waals surface area contributed by atoms with Gasteiger partial charge in [0.2, 0.25) is 0 Å². The number of aryl methyl sites for hydroxylation is 2. The summed E-state index contributed by atoms with van der Waals surface area (Å²) in [6.07, 6.45) is 5.31. The molecule has 2 heterocycles. The summed E-state index contributed by atoms with van der Waals surface area (Å²) in [6, 6.07) is 13.8. The van der Waals surface area contributed by atoms with Gasteiger partial charge in [0.25, 0.3) is 0 Å². The lowest BCUT2D eigenvalue weighted by atomic mass is 9.93. The molecule has 32 heavy (non-hydrogen) atoms. The molecule has 0 bridgehead atoms. The molecule has 0 aliphatic carbocycles. The number of imidazole rings is 1. The van der Waals surface area contributed by atoms with Crippen LogP contribution in [0, 0.1) is 6.92 Å². The Morgan fingerprint density at radius 1 is 1.16 bits per heavy atom. The number of piperidine rings is 1. The van der Waals surface area contributed by atoms with Crippen LogP contribution in [0.2, 0.25) is 5.02 Å². The van der Waals surface area contributed by atoms with Crippen molar-refractivity contribution in [3.8, 4) is 11.5 Å². The van der Waals surface area contributed by atoms with Gasteiger partial charge in [-0.2, -0.15) is 0 Å². The minimum Gasteiger partial charge on any atom is -0.489 e. The minimum atomic E-state index is -0.892. The van der Waals surface area contributed by atoms with Crippen molar-refractivity contribution in [2.75, 3.05) is 19.7 Å². The Balaban J connectivity index is 1.30. The average Bonchev–Trinajstić information content (AvgIpc) is 3.19. The molecule has 0 radical (unpaired) electrons. The highest BCUT2D eigenvalue weighted by atomic mass is 35.5. The van der Waals surface area contributed by atoms with Gasteiger partial charge in [-0.15, -0.1) is 0 Å². The van der Waals surface area contributed by atoms with E-state index in [-0.39, 0.29) is 6.61 Å². The Labute approximate surface area is 194 Å². The summed E-state index contributed by atoms with van der Waals surface area (Å²) in [6.45, 7) is 4.95. The Kier molecular flexibility index (Phi) is 7.04. The van der Waals surface area contributed by atoms with Crippen molar-refractivity contribution in [2.45, 2.75) is 38.5 Å². The Morgan fingerprint density at radius 2 is 1.97 bits per heavy atom. The maximum atomic E-state index is 11.1. The fourth-order valence-corrected chi connectivity index (χ4v) is 4.20. The smallest absolute Gasteiger partial charge is 0.146 e. The van der Waals surface area contributed by atoms with E-state index in [2.05, 4.69) is 22.0 Å². The van der Waals surface area contributed by atoms with Crippen LogP contribution in [0.5, 0.6) is 11.5 Å². The number of nitrogens with zero attached hydrogens (tertiary/aromatic N) is 3. The summed E-state index contributed by atoms with van der Waals surface area (Å²) in [5.41, 5.74) is 1.37. The number of halogens is 1. The predicted octanol–water partition coefficient (Wildman–Crippen LogP) is 4.37. The molecule has 0 spiro atoms. The average molecular weight is 456 g/mol. The largest absolute Gasteiger partial charge is 0.489 e. The molecule has 2 aromatic carbocycles. The summed E-state index contributed by atoms with van der Waals surface area (Å²) >= 11 is 6.24. The van der Waals surface area contributed by atoms with Crippen LogP contribution in [0.15, 0.2) is 54.9 Å². The molecule has 3 aromatic rings. The number of β-amino-alcohol motifs (C(OH)–C–C–N with tert-alkyl or cyclic N) is 1. The van der Waals surface area contributed by atoms with Crippen LogP contribution >= 0.6 is 11.6 Å². The summed E-state index contributed by atoms with van der Waals surface area (Å²) in [5.74, 6) is 2.32. The van der Waals surface area contributed by atoms with E-state index in [9.17, 15) is 5.11 Å². The number of benzene rings is 2. The number of aliphatic hydroxyl groups is 1. The standard InChI is InChI=1S/C25H30ClN3O3/c1-19-4-9-22(26)23(14-19)32-18-25(30)10-3-12-29(17-25)15-20-5-7-21(8-6-20)31-16-24-27-11-13-28(24)2/h4-9,11,13-14,30H,3,10,12,15-18H2,1-2H3/t25-/m0/s1. The minimum absolute atomic E-state index is 0.229. The molecule has 0 amide bonds. The van der Waals surface area contributed by atoms with Crippen molar-refractivity contribution in [1.82, 2.24) is 14.5 Å². The van der Waals surface area contributed by atoms with E-state index in [1.807, 2.05) is 55.1 Å². The van der Waals surface area contributed by atoms with Crippen molar-refractivity contribution < 1.29 is 14.6 Å². The van der Waals surface area contributed by atoms with Gasteiger partial charge < -0.3 is 19.1 Å².